The zero-order chi connectivity index (χ0) is 14.1. The lowest BCUT2D eigenvalue weighted by Gasteiger charge is -2.33. The van der Waals surface area contributed by atoms with E-state index in [2.05, 4.69) is 33.7 Å². The lowest BCUT2D eigenvalue weighted by atomic mass is 10.0. The second-order valence-electron chi connectivity index (χ2n) is 4.96. The Bertz CT molecular complexity index is 613. The average molecular weight is 309 g/mol. The molecule has 106 valence electrons. The summed E-state index contributed by atoms with van der Waals surface area (Å²) in [6.07, 6.45) is 1.10. The first kappa shape index (κ1) is 13.8. The lowest BCUT2D eigenvalue weighted by Crippen LogP contribution is -2.33. The molecule has 0 fully saturated rings. The maximum atomic E-state index is 6.24. The monoisotopic (exact) mass is 308 g/mol. The van der Waals surface area contributed by atoms with Crippen molar-refractivity contribution >= 4 is 28.8 Å². The maximum absolute atomic E-state index is 6.24. The third-order valence-electron chi connectivity index (χ3n) is 3.82. The summed E-state index contributed by atoms with van der Waals surface area (Å²) in [6.45, 7) is 4.02. The number of nitrogens with two attached hydrogens (primary N) is 1. The number of halogens is 1. The summed E-state index contributed by atoms with van der Waals surface area (Å²) in [5.41, 5.74) is 4.87. The molecule has 20 heavy (non-hydrogen) atoms. The third kappa shape index (κ3) is 2.54. The van der Waals surface area contributed by atoms with E-state index in [1.54, 1.807) is 6.07 Å². The normalized spacial score (nSPS) is 18.9. The number of nitrogen functional groups attached to an aromatic ring is 1. The first-order valence-corrected chi connectivity index (χ1v) is 7.87. The number of nitrogens with zero attached hydrogens (tertiary/aromatic N) is 2. The van der Waals surface area contributed by atoms with Crippen molar-refractivity contribution in [2.45, 2.75) is 25.9 Å². The lowest BCUT2D eigenvalue weighted by molar-refractivity contribution is 0.189. The summed E-state index contributed by atoms with van der Waals surface area (Å²) >= 11 is 8.10. The minimum absolute atomic E-state index is 0.400. The van der Waals surface area contributed by atoms with Gasteiger partial charge < -0.3 is 5.43 Å². The number of fused-ring (bicyclic) bond motifs is 1. The molecular formula is C14H17ClN4S. The van der Waals surface area contributed by atoms with Crippen LogP contribution in [0, 0.1) is 0 Å². The predicted octanol–water partition coefficient (Wildman–Crippen LogP) is 3.20. The van der Waals surface area contributed by atoms with Crippen LogP contribution < -0.4 is 11.3 Å². The molecule has 0 saturated heterocycles. The number of nitrogens with one attached hydrogen (secondary N) is 1. The molecule has 3 heterocycles. The van der Waals surface area contributed by atoms with Crippen LogP contribution in [0.5, 0.6) is 0 Å². The van der Waals surface area contributed by atoms with Crippen LogP contribution in [0.2, 0.25) is 5.02 Å². The molecular weight excluding hydrogens is 292 g/mol. The van der Waals surface area contributed by atoms with Crippen molar-refractivity contribution in [2.24, 2.45) is 5.84 Å². The highest BCUT2D eigenvalue weighted by Gasteiger charge is 2.25. The Kier molecular flexibility index (Phi) is 3.94. The van der Waals surface area contributed by atoms with Crippen molar-refractivity contribution in [1.82, 2.24) is 9.88 Å². The number of hydrazine groups is 1. The Hall–Kier alpha value is -1.14. The van der Waals surface area contributed by atoms with Gasteiger partial charge in [0.05, 0.1) is 10.7 Å². The van der Waals surface area contributed by atoms with Crippen LogP contribution in [0.25, 0.3) is 0 Å². The van der Waals surface area contributed by atoms with Crippen molar-refractivity contribution < 1.29 is 0 Å². The van der Waals surface area contributed by atoms with E-state index in [4.69, 9.17) is 17.4 Å². The molecule has 2 aromatic heterocycles. The van der Waals surface area contributed by atoms with E-state index >= 15 is 0 Å². The highest BCUT2D eigenvalue weighted by Crippen LogP contribution is 2.34. The predicted molar refractivity (Wildman–Crippen MR) is 83.9 cm³/mol. The number of hydrogen-bond acceptors (Lipinski definition) is 5. The van der Waals surface area contributed by atoms with Crippen LogP contribution in [0.3, 0.4) is 0 Å². The Balaban J connectivity index is 1.82. The second kappa shape index (κ2) is 5.69. The SMILES string of the molecule is CC1c2ccsc2CCN1Cc1nc(NN)ccc1Cl. The fourth-order valence-corrected chi connectivity index (χ4v) is 3.77. The summed E-state index contributed by atoms with van der Waals surface area (Å²) in [5.74, 6) is 6.05. The summed E-state index contributed by atoms with van der Waals surface area (Å²) in [4.78, 5) is 8.37. The van der Waals surface area contributed by atoms with E-state index < -0.39 is 0 Å². The first-order chi connectivity index (χ1) is 9.69. The van der Waals surface area contributed by atoms with Crippen molar-refractivity contribution in [2.75, 3.05) is 12.0 Å². The van der Waals surface area contributed by atoms with Gasteiger partial charge in [0.2, 0.25) is 0 Å². The van der Waals surface area contributed by atoms with E-state index in [0.717, 1.165) is 25.2 Å². The van der Waals surface area contributed by atoms with Gasteiger partial charge in [-0.05, 0) is 42.5 Å². The quantitative estimate of drug-likeness (QED) is 0.675. The number of rotatable bonds is 3. The Morgan fingerprint density at radius 2 is 2.35 bits per heavy atom. The summed E-state index contributed by atoms with van der Waals surface area (Å²) in [6, 6.07) is 6.24. The summed E-state index contributed by atoms with van der Waals surface area (Å²) in [5, 5.41) is 2.86. The van der Waals surface area contributed by atoms with Gasteiger partial charge in [0.1, 0.15) is 5.82 Å². The highest BCUT2D eigenvalue weighted by atomic mass is 35.5. The van der Waals surface area contributed by atoms with E-state index in [-0.39, 0.29) is 0 Å². The second-order valence-corrected chi connectivity index (χ2v) is 6.37. The van der Waals surface area contributed by atoms with Crippen LogP contribution in [0.15, 0.2) is 23.6 Å². The van der Waals surface area contributed by atoms with Gasteiger partial charge in [0.15, 0.2) is 0 Å². The molecule has 0 aliphatic carbocycles. The van der Waals surface area contributed by atoms with Gasteiger partial charge in [0, 0.05) is 24.0 Å². The van der Waals surface area contributed by atoms with Gasteiger partial charge in [-0.1, -0.05) is 11.6 Å². The van der Waals surface area contributed by atoms with E-state index in [1.165, 1.54) is 10.4 Å². The molecule has 2 aromatic rings. The Morgan fingerprint density at radius 3 is 3.15 bits per heavy atom. The van der Waals surface area contributed by atoms with E-state index in [9.17, 15) is 0 Å². The van der Waals surface area contributed by atoms with Crippen LogP contribution in [0.1, 0.15) is 29.1 Å². The van der Waals surface area contributed by atoms with Crippen molar-refractivity contribution in [3.8, 4) is 0 Å². The van der Waals surface area contributed by atoms with E-state index in [0.29, 0.717) is 16.9 Å². The molecule has 1 unspecified atom stereocenters. The van der Waals surface area contributed by atoms with Crippen molar-refractivity contribution in [3.63, 3.8) is 0 Å². The van der Waals surface area contributed by atoms with Crippen molar-refractivity contribution in [3.05, 3.63) is 44.7 Å². The van der Waals surface area contributed by atoms with Gasteiger partial charge in [0.25, 0.3) is 0 Å². The molecule has 0 spiro atoms. The van der Waals surface area contributed by atoms with Crippen LogP contribution in [0.4, 0.5) is 5.82 Å². The largest absolute Gasteiger partial charge is 0.308 e. The molecule has 3 rings (SSSR count). The van der Waals surface area contributed by atoms with E-state index in [1.807, 2.05) is 17.4 Å². The highest BCUT2D eigenvalue weighted by molar-refractivity contribution is 7.10. The molecule has 0 radical (unpaired) electrons. The molecule has 0 aromatic carbocycles. The fraction of sp³-hybridized carbons (Fsp3) is 0.357. The number of aromatic nitrogens is 1. The standard InChI is InChI=1S/C14H17ClN4S/c1-9-10-5-7-20-13(10)4-6-19(9)8-12-11(15)2-3-14(17-12)18-16/h2-3,5,7,9H,4,6,8,16H2,1H3,(H,17,18). The van der Waals surface area contributed by atoms with Gasteiger partial charge in [-0.3, -0.25) is 4.90 Å². The average Bonchev–Trinajstić information content (AvgIpc) is 2.93. The third-order valence-corrected chi connectivity index (χ3v) is 5.16. The van der Waals surface area contributed by atoms with Crippen LogP contribution in [-0.4, -0.2) is 16.4 Å². The zero-order valence-electron chi connectivity index (χ0n) is 11.3. The number of hydrogen-bond donors (Lipinski definition) is 2. The van der Waals surface area contributed by atoms with Gasteiger partial charge in [-0.2, -0.15) is 0 Å². The molecule has 1 aliphatic rings. The fourth-order valence-electron chi connectivity index (χ4n) is 2.65. The Labute approximate surface area is 127 Å². The minimum atomic E-state index is 0.400. The molecule has 0 bridgehead atoms. The van der Waals surface area contributed by atoms with Gasteiger partial charge in [-0.15, -0.1) is 11.3 Å². The molecule has 4 nitrogen and oxygen atoms in total. The molecule has 3 N–H and O–H groups in total. The summed E-state index contributed by atoms with van der Waals surface area (Å²) < 4.78 is 0. The molecule has 0 amide bonds. The van der Waals surface area contributed by atoms with Crippen LogP contribution >= 0.6 is 22.9 Å². The van der Waals surface area contributed by atoms with Crippen LogP contribution in [-0.2, 0) is 13.0 Å². The number of pyridine rings is 1. The molecule has 6 heteroatoms. The molecule has 1 atom stereocenters. The minimum Gasteiger partial charge on any atom is -0.308 e. The maximum Gasteiger partial charge on any atom is 0.140 e. The van der Waals surface area contributed by atoms with Crippen molar-refractivity contribution in [1.29, 1.82) is 0 Å². The number of anilines is 1. The first-order valence-electron chi connectivity index (χ1n) is 6.61. The molecule has 1 aliphatic heterocycles. The summed E-state index contributed by atoms with van der Waals surface area (Å²) in [7, 11) is 0. The zero-order valence-corrected chi connectivity index (χ0v) is 12.8. The van der Waals surface area contributed by atoms with Gasteiger partial charge in [-0.25, -0.2) is 10.8 Å². The van der Waals surface area contributed by atoms with Gasteiger partial charge >= 0.3 is 0 Å². The smallest absolute Gasteiger partial charge is 0.140 e. The topological polar surface area (TPSA) is 54.2 Å². The Morgan fingerprint density at radius 1 is 1.50 bits per heavy atom. The molecule has 0 saturated carbocycles. The number of thiophene rings is 1.